The first kappa shape index (κ1) is 34.0. The van der Waals surface area contributed by atoms with E-state index in [1.54, 1.807) is 26.2 Å². The van der Waals surface area contributed by atoms with Crippen LogP contribution in [0.15, 0.2) is 23.6 Å². The Morgan fingerprint density at radius 1 is 1.02 bits per heavy atom. The molecule has 0 radical (unpaired) electrons. The number of alkyl halides is 6. The van der Waals surface area contributed by atoms with Crippen molar-refractivity contribution in [1.29, 1.82) is 0 Å². The number of hydrogen-bond donors (Lipinski definition) is 2. The zero-order valence-corrected chi connectivity index (χ0v) is 25.6. The van der Waals surface area contributed by atoms with Gasteiger partial charge in [-0.05, 0) is 83.7 Å². The van der Waals surface area contributed by atoms with Crippen LogP contribution < -0.4 is 10.6 Å². The molecule has 2 fully saturated rings. The number of rotatable bonds is 7. The molecule has 44 heavy (non-hydrogen) atoms. The molecule has 2 heterocycles. The van der Waals surface area contributed by atoms with Crippen LogP contribution in [0.1, 0.15) is 75.3 Å². The van der Waals surface area contributed by atoms with Crippen LogP contribution in [-0.4, -0.2) is 59.8 Å². The smallest absolute Gasteiger partial charge is 0.416 e. The molecule has 1 aromatic carbocycles. The normalized spacial score (nSPS) is 21.8. The molecule has 1 aliphatic carbocycles. The maximum Gasteiger partial charge on any atom is 0.416 e. The number of carbonyl (C=O) groups is 2. The number of carbonyl (C=O) groups excluding carboxylic acids is 2. The molecule has 1 aliphatic heterocycles. The molecule has 2 unspecified atom stereocenters. The number of ether oxygens (including phenoxy) is 2. The Hall–Kier alpha value is -2.91. The molecule has 2 N–H and O–H groups in total. The summed E-state index contributed by atoms with van der Waals surface area (Å²) in [5.74, 6) is -0.569. The predicted octanol–water partition coefficient (Wildman–Crippen LogP) is 6.75. The SMILES string of the molecule is CN(C1CCOCC1)C1CCC(C(=O)NCc2cc(C(F)(F)F)cc(C(F)(F)F)c2)(c2csc(NC(=O)OC(C)(C)C)n2)C1. The van der Waals surface area contributed by atoms with Gasteiger partial charge in [0.15, 0.2) is 5.13 Å². The van der Waals surface area contributed by atoms with Crippen molar-refractivity contribution in [3.05, 3.63) is 46.0 Å². The Kier molecular flexibility index (Phi) is 9.91. The molecule has 244 valence electrons. The number of thiazole rings is 1. The summed E-state index contributed by atoms with van der Waals surface area (Å²) in [7, 11) is 1.98. The van der Waals surface area contributed by atoms with E-state index < -0.39 is 53.0 Å². The summed E-state index contributed by atoms with van der Waals surface area (Å²) in [6.45, 7) is 5.80. The van der Waals surface area contributed by atoms with Crippen molar-refractivity contribution in [3.8, 4) is 0 Å². The van der Waals surface area contributed by atoms with E-state index in [1.165, 1.54) is 0 Å². The topological polar surface area (TPSA) is 92.8 Å². The van der Waals surface area contributed by atoms with Crippen molar-refractivity contribution in [3.63, 3.8) is 0 Å². The monoisotopic (exact) mass is 650 g/mol. The van der Waals surface area contributed by atoms with Crippen molar-refractivity contribution in [1.82, 2.24) is 15.2 Å². The Bertz CT molecular complexity index is 1300. The van der Waals surface area contributed by atoms with Gasteiger partial charge < -0.3 is 19.7 Å². The van der Waals surface area contributed by atoms with Crippen LogP contribution in [0.2, 0.25) is 0 Å². The molecule has 2 amide bonds. The minimum absolute atomic E-state index is 0.0433. The second-order valence-electron chi connectivity index (χ2n) is 12.2. The second kappa shape index (κ2) is 12.8. The average Bonchev–Trinajstić information content (AvgIpc) is 3.58. The average molecular weight is 651 g/mol. The number of benzene rings is 1. The van der Waals surface area contributed by atoms with Gasteiger partial charge >= 0.3 is 18.4 Å². The van der Waals surface area contributed by atoms with Gasteiger partial charge in [-0.25, -0.2) is 9.78 Å². The van der Waals surface area contributed by atoms with E-state index in [2.05, 4.69) is 20.5 Å². The van der Waals surface area contributed by atoms with Crippen LogP contribution in [0.3, 0.4) is 0 Å². The molecule has 8 nitrogen and oxygen atoms in total. The Balaban J connectivity index is 1.60. The highest BCUT2D eigenvalue weighted by Gasteiger charge is 2.50. The van der Waals surface area contributed by atoms with Crippen molar-refractivity contribution in [2.45, 2.75) is 94.9 Å². The van der Waals surface area contributed by atoms with Gasteiger partial charge in [0.2, 0.25) is 5.91 Å². The lowest BCUT2D eigenvalue weighted by atomic mass is 9.81. The highest BCUT2D eigenvalue weighted by Crippen LogP contribution is 2.45. The van der Waals surface area contributed by atoms with E-state index in [0.717, 1.165) is 24.2 Å². The summed E-state index contributed by atoms with van der Waals surface area (Å²) in [6, 6.07) is 1.44. The van der Waals surface area contributed by atoms with E-state index in [-0.39, 0.29) is 28.8 Å². The summed E-state index contributed by atoms with van der Waals surface area (Å²) < 4.78 is 91.2. The van der Waals surface area contributed by atoms with Gasteiger partial charge in [0, 0.05) is 37.2 Å². The minimum Gasteiger partial charge on any atom is -0.444 e. The number of halogens is 6. The van der Waals surface area contributed by atoms with Crippen molar-refractivity contribution < 1.29 is 45.4 Å². The van der Waals surface area contributed by atoms with Gasteiger partial charge in [-0.1, -0.05) is 0 Å². The van der Waals surface area contributed by atoms with Crippen LogP contribution in [0.25, 0.3) is 0 Å². The van der Waals surface area contributed by atoms with Crippen LogP contribution in [0, 0.1) is 0 Å². The fraction of sp³-hybridized carbons (Fsp3) is 0.621. The van der Waals surface area contributed by atoms with Crippen LogP contribution in [-0.2, 0) is 38.6 Å². The molecule has 1 saturated heterocycles. The number of hydrogen-bond acceptors (Lipinski definition) is 7. The van der Waals surface area contributed by atoms with Crippen LogP contribution in [0.5, 0.6) is 0 Å². The third-order valence-electron chi connectivity index (χ3n) is 7.97. The highest BCUT2D eigenvalue weighted by atomic mass is 32.1. The predicted molar refractivity (Wildman–Crippen MR) is 151 cm³/mol. The Morgan fingerprint density at radius 2 is 1.64 bits per heavy atom. The summed E-state index contributed by atoms with van der Waals surface area (Å²) in [5.41, 5.74) is -4.88. The molecule has 1 saturated carbocycles. The second-order valence-corrected chi connectivity index (χ2v) is 13.1. The fourth-order valence-electron chi connectivity index (χ4n) is 5.73. The summed E-state index contributed by atoms with van der Waals surface area (Å²) >= 11 is 1.09. The van der Waals surface area contributed by atoms with E-state index in [9.17, 15) is 35.9 Å². The Labute approximate surface area is 255 Å². The van der Waals surface area contributed by atoms with Gasteiger partial charge in [0.1, 0.15) is 5.60 Å². The van der Waals surface area contributed by atoms with Gasteiger partial charge in [-0.2, -0.15) is 26.3 Å². The van der Waals surface area contributed by atoms with E-state index in [4.69, 9.17) is 9.47 Å². The number of nitrogens with zero attached hydrogens (tertiary/aromatic N) is 2. The van der Waals surface area contributed by atoms with Crippen LogP contribution in [0.4, 0.5) is 36.3 Å². The zero-order valence-electron chi connectivity index (χ0n) is 24.8. The number of nitrogens with one attached hydrogen (secondary N) is 2. The standard InChI is InChI=1S/C29H36F6N4O4S/c1-26(2,3)43-25(41)38-24-37-22(16-44-24)27(8-5-21(14-27)39(4)20-6-9-42-10-7-20)23(40)36-15-17-11-18(28(30,31)32)13-19(12-17)29(33,34)35/h11-13,16,20-21H,5-10,14-15H2,1-4H3,(H,36,40)(H,37,38,41). The first-order chi connectivity index (χ1) is 20.4. The number of amides is 2. The third kappa shape index (κ3) is 8.21. The van der Waals surface area contributed by atoms with E-state index >= 15 is 0 Å². The molecular weight excluding hydrogens is 614 g/mol. The van der Waals surface area contributed by atoms with Crippen LogP contribution >= 0.6 is 11.3 Å². The van der Waals surface area contributed by atoms with E-state index in [0.29, 0.717) is 50.3 Å². The molecular formula is C29H36F6N4O4S. The summed E-state index contributed by atoms with van der Waals surface area (Å²) in [4.78, 5) is 33.0. The molecule has 1 aromatic heterocycles. The molecule has 2 aliphatic rings. The first-order valence-electron chi connectivity index (χ1n) is 14.2. The minimum atomic E-state index is -5.01. The number of anilines is 1. The molecule has 2 aromatic rings. The zero-order chi connectivity index (χ0) is 32.5. The maximum atomic E-state index is 13.9. The summed E-state index contributed by atoms with van der Waals surface area (Å²) in [5, 5.41) is 6.98. The van der Waals surface area contributed by atoms with Crippen molar-refractivity contribution >= 4 is 28.5 Å². The largest absolute Gasteiger partial charge is 0.444 e. The molecule has 4 rings (SSSR count). The van der Waals surface area contributed by atoms with Gasteiger partial charge in [0.25, 0.3) is 0 Å². The van der Waals surface area contributed by atoms with Crippen molar-refractivity contribution in [2.24, 2.45) is 0 Å². The lowest BCUT2D eigenvalue weighted by Crippen LogP contribution is -2.46. The fourth-order valence-corrected chi connectivity index (χ4v) is 6.52. The maximum absolute atomic E-state index is 13.9. The lowest BCUT2D eigenvalue weighted by molar-refractivity contribution is -0.143. The van der Waals surface area contributed by atoms with Crippen molar-refractivity contribution in [2.75, 3.05) is 25.6 Å². The number of aromatic nitrogens is 1. The first-order valence-corrected chi connectivity index (χ1v) is 15.1. The van der Waals surface area contributed by atoms with E-state index in [1.807, 2.05) is 7.05 Å². The summed E-state index contributed by atoms with van der Waals surface area (Å²) in [6.07, 6.45) is -7.84. The van der Waals surface area contributed by atoms with Gasteiger partial charge in [-0.15, -0.1) is 11.3 Å². The lowest BCUT2D eigenvalue weighted by Gasteiger charge is -2.36. The molecule has 0 spiro atoms. The van der Waals surface area contributed by atoms with Gasteiger partial charge in [-0.3, -0.25) is 10.1 Å². The van der Waals surface area contributed by atoms with Gasteiger partial charge in [0.05, 0.1) is 22.2 Å². The Morgan fingerprint density at radius 3 is 2.20 bits per heavy atom. The quantitative estimate of drug-likeness (QED) is 0.323. The molecule has 2 atom stereocenters. The molecule has 0 bridgehead atoms. The third-order valence-corrected chi connectivity index (χ3v) is 8.73. The highest BCUT2D eigenvalue weighted by molar-refractivity contribution is 7.14. The molecule has 15 heteroatoms.